The minimum Gasteiger partial charge on any atom is -0.406 e. The number of amides is 3. The summed E-state index contributed by atoms with van der Waals surface area (Å²) in [4.78, 5) is 43.1. The molecule has 0 radical (unpaired) electrons. The summed E-state index contributed by atoms with van der Waals surface area (Å²) in [5.74, 6) is -1.77. The van der Waals surface area contributed by atoms with E-state index in [-0.39, 0.29) is 22.7 Å². The molecule has 3 heterocycles. The number of hydrogen-bond donors (Lipinski definition) is 1. The molecular weight excluding hydrogens is 479 g/mol. The number of pyridine rings is 1. The molecule has 0 aliphatic carbocycles. The quantitative estimate of drug-likeness (QED) is 0.421. The molecule has 36 heavy (non-hydrogen) atoms. The van der Waals surface area contributed by atoms with Crippen LogP contribution in [0.2, 0.25) is 0 Å². The van der Waals surface area contributed by atoms with Crippen molar-refractivity contribution < 1.29 is 32.3 Å². The highest BCUT2D eigenvalue weighted by molar-refractivity contribution is 6.37. The highest BCUT2D eigenvalue weighted by Gasteiger charge is 2.40. The van der Waals surface area contributed by atoms with Crippen molar-refractivity contribution in [1.29, 1.82) is 0 Å². The Kier molecular flexibility index (Phi) is 5.23. The summed E-state index contributed by atoms with van der Waals surface area (Å²) in [6.45, 7) is 3.01. The van der Waals surface area contributed by atoms with Gasteiger partial charge < -0.3 is 10.1 Å². The summed E-state index contributed by atoms with van der Waals surface area (Å²) in [6.07, 6.45) is -3.54. The molecular formula is C24H16F3N5O4. The lowest BCUT2D eigenvalue weighted by atomic mass is 10.1. The van der Waals surface area contributed by atoms with E-state index in [0.29, 0.717) is 28.1 Å². The predicted octanol–water partition coefficient (Wildman–Crippen LogP) is 4.39. The number of rotatable bonds is 4. The number of nitrogens with one attached hydrogen (secondary N) is 1. The van der Waals surface area contributed by atoms with Gasteiger partial charge in [0.05, 0.1) is 33.6 Å². The molecule has 0 unspecified atom stereocenters. The van der Waals surface area contributed by atoms with Crippen LogP contribution in [-0.4, -0.2) is 38.8 Å². The first kappa shape index (κ1) is 23.0. The number of alkyl halides is 3. The van der Waals surface area contributed by atoms with Gasteiger partial charge in [0.2, 0.25) is 5.91 Å². The second-order valence-corrected chi connectivity index (χ2v) is 7.96. The number of aryl methyl sites for hydroxylation is 1. The first-order valence-corrected chi connectivity index (χ1v) is 10.5. The first-order valence-electron chi connectivity index (χ1n) is 10.5. The van der Waals surface area contributed by atoms with Gasteiger partial charge in [0.15, 0.2) is 5.65 Å². The molecule has 4 aromatic rings. The van der Waals surface area contributed by atoms with Crippen molar-refractivity contribution in [2.75, 3.05) is 10.2 Å². The molecule has 0 spiro atoms. The summed E-state index contributed by atoms with van der Waals surface area (Å²) >= 11 is 0. The van der Waals surface area contributed by atoms with Gasteiger partial charge in [-0.05, 0) is 55.5 Å². The molecule has 2 aromatic heterocycles. The molecule has 1 N–H and O–H groups in total. The van der Waals surface area contributed by atoms with Crippen LogP contribution in [0.5, 0.6) is 5.75 Å². The summed E-state index contributed by atoms with van der Waals surface area (Å²) in [5.41, 5.74) is 2.13. The molecule has 3 amide bonds. The molecule has 1 aliphatic heterocycles. The number of carbonyl (C=O) groups is 3. The molecule has 0 saturated carbocycles. The van der Waals surface area contributed by atoms with Gasteiger partial charge in [-0.15, -0.1) is 13.2 Å². The van der Waals surface area contributed by atoms with Crippen LogP contribution in [0.4, 0.5) is 24.5 Å². The zero-order valence-electron chi connectivity index (χ0n) is 18.8. The van der Waals surface area contributed by atoms with E-state index in [9.17, 15) is 27.6 Å². The van der Waals surface area contributed by atoms with Crippen LogP contribution in [0, 0.1) is 6.92 Å². The number of hydrogen-bond acceptors (Lipinski definition) is 6. The minimum absolute atomic E-state index is 0.106. The average Bonchev–Trinajstić information content (AvgIpc) is 3.27. The van der Waals surface area contributed by atoms with E-state index >= 15 is 0 Å². The molecule has 2 aromatic carbocycles. The number of benzene rings is 2. The maximum absolute atomic E-state index is 13.4. The third-order valence-corrected chi connectivity index (χ3v) is 5.48. The summed E-state index contributed by atoms with van der Waals surface area (Å²) in [5, 5.41) is 7.38. The number of ether oxygens (including phenoxy) is 1. The van der Waals surface area contributed by atoms with E-state index in [1.54, 1.807) is 31.2 Å². The maximum Gasteiger partial charge on any atom is 0.573 e. The Bertz CT molecular complexity index is 1540. The van der Waals surface area contributed by atoms with Crippen molar-refractivity contribution in [3.8, 4) is 11.4 Å². The van der Waals surface area contributed by atoms with Gasteiger partial charge in [-0.2, -0.15) is 5.10 Å². The number of nitrogens with zero attached hydrogens (tertiary/aromatic N) is 4. The van der Waals surface area contributed by atoms with Crippen LogP contribution in [0.1, 0.15) is 33.3 Å². The van der Waals surface area contributed by atoms with Crippen molar-refractivity contribution in [2.24, 2.45) is 0 Å². The summed E-state index contributed by atoms with van der Waals surface area (Å²) in [7, 11) is 0. The van der Waals surface area contributed by atoms with Crippen LogP contribution in [0.3, 0.4) is 0 Å². The van der Waals surface area contributed by atoms with E-state index in [0.717, 1.165) is 17.0 Å². The fourth-order valence-corrected chi connectivity index (χ4v) is 4.06. The molecule has 182 valence electrons. The Morgan fingerprint density at radius 2 is 1.61 bits per heavy atom. The van der Waals surface area contributed by atoms with Gasteiger partial charge in [0.25, 0.3) is 11.8 Å². The SMILES string of the molecule is CC(=O)Nc1ccc(N2C(=O)c3cnc4c(c(C)nn4-c4ccc(OC(F)(F)F)cc4)c3C2=O)cc1. The second kappa shape index (κ2) is 8.18. The third kappa shape index (κ3) is 3.91. The molecule has 1 aliphatic rings. The highest BCUT2D eigenvalue weighted by atomic mass is 19.4. The van der Waals surface area contributed by atoms with Crippen LogP contribution >= 0.6 is 0 Å². The number of carbonyl (C=O) groups excluding carboxylic acids is 3. The van der Waals surface area contributed by atoms with Gasteiger partial charge in [0.1, 0.15) is 5.75 Å². The normalized spacial score (nSPS) is 13.3. The van der Waals surface area contributed by atoms with Gasteiger partial charge in [-0.1, -0.05) is 0 Å². The molecule has 5 rings (SSSR count). The number of imide groups is 1. The summed E-state index contributed by atoms with van der Waals surface area (Å²) < 4.78 is 42.7. The largest absolute Gasteiger partial charge is 0.573 e. The van der Waals surface area contributed by atoms with Crippen molar-refractivity contribution in [1.82, 2.24) is 14.8 Å². The van der Waals surface area contributed by atoms with Crippen LogP contribution in [0.15, 0.2) is 54.7 Å². The maximum atomic E-state index is 13.4. The Morgan fingerprint density at radius 1 is 0.972 bits per heavy atom. The lowest BCUT2D eigenvalue weighted by Gasteiger charge is -2.14. The van der Waals surface area contributed by atoms with Gasteiger partial charge in [0, 0.05) is 18.8 Å². The Balaban J connectivity index is 1.53. The predicted molar refractivity (Wildman–Crippen MR) is 122 cm³/mol. The smallest absolute Gasteiger partial charge is 0.406 e. The number of anilines is 2. The van der Waals surface area contributed by atoms with E-state index in [2.05, 4.69) is 20.1 Å². The molecule has 0 fully saturated rings. The highest BCUT2D eigenvalue weighted by Crippen LogP contribution is 2.35. The van der Waals surface area contributed by atoms with Crippen LogP contribution in [0.25, 0.3) is 16.7 Å². The van der Waals surface area contributed by atoms with E-state index < -0.39 is 23.9 Å². The topological polar surface area (TPSA) is 106 Å². The number of fused-ring (bicyclic) bond motifs is 3. The van der Waals surface area contributed by atoms with Gasteiger partial charge in [-0.25, -0.2) is 14.6 Å². The van der Waals surface area contributed by atoms with E-state index in [4.69, 9.17) is 0 Å². The standard InChI is InChI=1S/C24H16F3N5O4/c1-12-19-20-18(22(34)31(23(20)35)15-5-3-14(4-6-15)29-13(2)33)11-28-21(19)32(30-12)16-7-9-17(10-8-16)36-24(25,26)27/h3-11H,1-2H3,(H,29,33). The van der Waals surface area contributed by atoms with Crippen molar-refractivity contribution in [3.63, 3.8) is 0 Å². The van der Waals surface area contributed by atoms with Gasteiger partial charge >= 0.3 is 6.36 Å². The van der Waals surface area contributed by atoms with E-state index in [1.807, 2.05) is 0 Å². The molecule has 0 bridgehead atoms. The molecule has 12 heteroatoms. The Labute approximate surface area is 201 Å². The first-order chi connectivity index (χ1) is 17.0. The second-order valence-electron chi connectivity index (χ2n) is 7.96. The zero-order chi connectivity index (χ0) is 25.8. The molecule has 0 atom stereocenters. The Morgan fingerprint density at radius 3 is 2.22 bits per heavy atom. The molecule has 9 nitrogen and oxygen atoms in total. The van der Waals surface area contributed by atoms with Crippen molar-refractivity contribution in [3.05, 3.63) is 71.5 Å². The van der Waals surface area contributed by atoms with Crippen molar-refractivity contribution >= 4 is 40.1 Å². The van der Waals surface area contributed by atoms with E-state index in [1.165, 1.54) is 29.9 Å². The molecule has 0 saturated heterocycles. The van der Waals surface area contributed by atoms with Crippen LogP contribution < -0.4 is 15.0 Å². The zero-order valence-corrected chi connectivity index (χ0v) is 18.8. The number of halogens is 3. The Hall–Kier alpha value is -4.74. The lowest BCUT2D eigenvalue weighted by molar-refractivity contribution is -0.274. The average molecular weight is 495 g/mol. The monoisotopic (exact) mass is 495 g/mol. The van der Waals surface area contributed by atoms with Crippen molar-refractivity contribution in [2.45, 2.75) is 20.2 Å². The minimum atomic E-state index is -4.82. The van der Waals surface area contributed by atoms with Crippen LogP contribution in [-0.2, 0) is 4.79 Å². The lowest BCUT2D eigenvalue weighted by Crippen LogP contribution is -2.29. The summed E-state index contributed by atoms with van der Waals surface area (Å²) in [6, 6.07) is 11.2. The van der Waals surface area contributed by atoms with Gasteiger partial charge in [-0.3, -0.25) is 14.4 Å². The third-order valence-electron chi connectivity index (χ3n) is 5.48. The fourth-order valence-electron chi connectivity index (χ4n) is 4.06. The number of aromatic nitrogens is 3. The fraction of sp³-hybridized carbons (Fsp3) is 0.125.